The van der Waals surface area contributed by atoms with Crippen molar-refractivity contribution in [1.29, 1.82) is 0 Å². The van der Waals surface area contributed by atoms with Gasteiger partial charge < -0.3 is 10.2 Å². The molecule has 1 N–H and O–H groups in total. The molecule has 1 aromatic heterocycles. The summed E-state index contributed by atoms with van der Waals surface area (Å²) in [5.74, 6) is -0.245. The number of nitrogens with one attached hydrogen (secondary N) is 1. The number of amides is 1. The van der Waals surface area contributed by atoms with E-state index in [2.05, 4.69) is 21.4 Å². The quantitative estimate of drug-likeness (QED) is 0.725. The first-order valence-corrected chi connectivity index (χ1v) is 11.7. The topological polar surface area (TPSA) is 87.5 Å². The molecule has 0 atom stereocenters. The summed E-state index contributed by atoms with van der Waals surface area (Å²) in [6, 6.07) is 6.05. The van der Waals surface area contributed by atoms with Crippen molar-refractivity contribution in [2.45, 2.75) is 52.0 Å². The highest BCUT2D eigenvalue weighted by Gasteiger charge is 2.28. The van der Waals surface area contributed by atoms with Gasteiger partial charge in [0.2, 0.25) is 15.9 Å². The van der Waals surface area contributed by atoms with Crippen molar-refractivity contribution in [2.75, 3.05) is 36.9 Å². The number of sulfonamides is 1. The largest absolute Gasteiger partial charge is 0.372 e. The van der Waals surface area contributed by atoms with Gasteiger partial charge in [0, 0.05) is 38.1 Å². The molecule has 0 aliphatic carbocycles. The second kappa shape index (κ2) is 8.77. The van der Waals surface area contributed by atoms with Gasteiger partial charge in [-0.3, -0.25) is 9.48 Å². The Kier molecular flexibility index (Phi) is 6.52. The fraction of sp³-hybridized carbons (Fsp3) is 0.524. The molecule has 30 heavy (non-hydrogen) atoms. The molecular formula is C21H31N5O3S. The Morgan fingerprint density at radius 3 is 2.47 bits per heavy atom. The van der Waals surface area contributed by atoms with E-state index < -0.39 is 10.0 Å². The van der Waals surface area contributed by atoms with Crippen LogP contribution in [0.2, 0.25) is 0 Å². The summed E-state index contributed by atoms with van der Waals surface area (Å²) in [7, 11) is -2.10. The third-order valence-corrected chi connectivity index (χ3v) is 7.86. The van der Waals surface area contributed by atoms with Crippen molar-refractivity contribution in [3.63, 3.8) is 0 Å². The normalized spacial score (nSPS) is 14.5. The molecule has 2 heterocycles. The Morgan fingerprint density at radius 2 is 1.87 bits per heavy atom. The van der Waals surface area contributed by atoms with E-state index in [0.717, 1.165) is 24.3 Å². The summed E-state index contributed by atoms with van der Waals surface area (Å²) in [6.07, 6.45) is 2.43. The predicted molar refractivity (Wildman–Crippen MR) is 118 cm³/mol. The Hall–Kier alpha value is -2.39. The van der Waals surface area contributed by atoms with Gasteiger partial charge in [-0.15, -0.1) is 0 Å². The molecular weight excluding hydrogens is 402 g/mol. The molecule has 8 nitrogen and oxygen atoms in total. The van der Waals surface area contributed by atoms with Gasteiger partial charge in [0.25, 0.3) is 0 Å². The van der Waals surface area contributed by atoms with Crippen molar-refractivity contribution in [3.05, 3.63) is 35.2 Å². The predicted octanol–water partition coefficient (Wildman–Crippen LogP) is 2.69. The van der Waals surface area contributed by atoms with Gasteiger partial charge >= 0.3 is 0 Å². The van der Waals surface area contributed by atoms with Crippen molar-refractivity contribution in [3.8, 4) is 0 Å². The maximum Gasteiger partial charge on any atom is 0.246 e. The van der Waals surface area contributed by atoms with E-state index in [1.165, 1.54) is 34.6 Å². The number of carbonyl (C=O) groups is 1. The van der Waals surface area contributed by atoms with Gasteiger partial charge in [-0.25, -0.2) is 12.7 Å². The lowest BCUT2D eigenvalue weighted by atomic mass is 10.1. The van der Waals surface area contributed by atoms with Crippen LogP contribution in [0.3, 0.4) is 0 Å². The van der Waals surface area contributed by atoms with Crippen LogP contribution in [0.25, 0.3) is 0 Å². The minimum atomic E-state index is -3.63. The fourth-order valence-electron chi connectivity index (χ4n) is 3.82. The maximum atomic E-state index is 12.7. The molecule has 0 radical (unpaired) electrons. The monoisotopic (exact) mass is 433 g/mol. The number of benzene rings is 1. The van der Waals surface area contributed by atoms with E-state index >= 15 is 0 Å². The molecule has 1 aliphatic rings. The van der Waals surface area contributed by atoms with Crippen LogP contribution in [-0.4, -0.2) is 55.1 Å². The first-order chi connectivity index (χ1) is 14.1. The zero-order chi connectivity index (χ0) is 22.1. The van der Waals surface area contributed by atoms with Crippen molar-refractivity contribution < 1.29 is 13.2 Å². The third-order valence-electron chi connectivity index (χ3n) is 5.68. The van der Waals surface area contributed by atoms with Crippen LogP contribution in [0, 0.1) is 20.8 Å². The third kappa shape index (κ3) is 4.37. The lowest BCUT2D eigenvalue weighted by Crippen LogP contribution is -2.27. The Balaban J connectivity index is 1.75. The summed E-state index contributed by atoms with van der Waals surface area (Å²) >= 11 is 0. The Morgan fingerprint density at radius 1 is 1.20 bits per heavy atom. The average Bonchev–Trinajstić information content (AvgIpc) is 3.31. The van der Waals surface area contributed by atoms with Crippen LogP contribution in [0.5, 0.6) is 0 Å². The molecule has 9 heteroatoms. The van der Waals surface area contributed by atoms with E-state index in [1.807, 2.05) is 19.1 Å². The average molecular weight is 434 g/mol. The zero-order valence-corrected chi connectivity index (χ0v) is 19.2. The fourth-order valence-corrected chi connectivity index (χ4v) is 5.36. The molecule has 164 valence electrons. The Labute approximate surface area is 178 Å². The summed E-state index contributed by atoms with van der Waals surface area (Å²) < 4.78 is 28.2. The van der Waals surface area contributed by atoms with Crippen LogP contribution < -0.4 is 10.2 Å². The second-order valence-electron chi connectivity index (χ2n) is 7.82. The summed E-state index contributed by atoms with van der Waals surface area (Å²) in [5, 5.41) is 7.23. The van der Waals surface area contributed by atoms with Gasteiger partial charge in [-0.05, 0) is 57.4 Å². The molecule has 0 unspecified atom stereocenters. The van der Waals surface area contributed by atoms with E-state index in [-0.39, 0.29) is 17.3 Å². The van der Waals surface area contributed by atoms with Gasteiger partial charge in [-0.1, -0.05) is 6.92 Å². The lowest BCUT2D eigenvalue weighted by Gasteiger charge is -2.19. The lowest BCUT2D eigenvalue weighted by molar-refractivity contribution is -0.116. The summed E-state index contributed by atoms with van der Waals surface area (Å²) in [4.78, 5) is 15.2. The van der Waals surface area contributed by atoms with Crippen LogP contribution in [-0.2, 0) is 21.4 Å². The van der Waals surface area contributed by atoms with E-state index in [4.69, 9.17) is 0 Å². The van der Waals surface area contributed by atoms with E-state index in [1.54, 1.807) is 20.8 Å². The molecule has 1 aromatic carbocycles. The van der Waals surface area contributed by atoms with Crippen LogP contribution in [0.15, 0.2) is 23.1 Å². The standard InChI is InChI=1S/C21H31N5O3S/c1-6-24(5)30(28,29)21-16(3)23-26(17(21)4)14-20(27)22-19-10-9-18(13-15(19)2)25-11-7-8-12-25/h9-10,13H,6-8,11-12,14H2,1-5H3,(H,22,27). The van der Waals surface area contributed by atoms with E-state index in [9.17, 15) is 13.2 Å². The molecule has 0 spiro atoms. The van der Waals surface area contributed by atoms with Gasteiger partial charge in [0.1, 0.15) is 11.4 Å². The summed E-state index contributed by atoms with van der Waals surface area (Å²) in [5.41, 5.74) is 3.78. The van der Waals surface area contributed by atoms with Gasteiger partial charge in [0.15, 0.2) is 0 Å². The molecule has 1 aliphatic heterocycles. The smallest absolute Gasteiger partial charge is 0.246 e. The van der Waals surface area contributed by atoms with E-state index in [0.29, 0.717) is 17.9 Å². The van der Waals surface area contributed by atoms with Crippen LogP contribution in [0.1, 0.15) is 36.7 Å². The highest BCUT2D eigenvalue weighted by Crippen LogP contribution is 2.26. The van der Waals surface area contributed by atoms with Gasteiger partial charge in [0.05, 0.1) is 11.4 Å². The number of aromatic nitrogens is 2. The Bertz CT molecular complexity index is 1040. The molecule has 0 bridgehead atoms. The summed E-state index contributed by atoms with van der Waals surface area (Å²) in [6.45, 7) is 9.54. The van der Waals surface area contributed by atoms with Crippen molar-refractivity contribution in [1.82, 2.24) is 14.1 Å². The minimum Gasteiger partial charge on any atom is -0.372 e. The maximum absolute atomic E-state index is 12.7. The number of nitrogens with zero attached hydrogens (tertiary/aromatic N) is 4. The number of aryl methyl sites for hydroxylation is 2. The molecule has 1 fully saturated rings. The minimum absolute atomic E-state index is 0.0502. The highest BCUT2D eigenvalue weighted by molar-refractivity contribution is 7.89. The molecule has 3 rings (SSSR count). The molecule has 1 amide bonds. The highest BCUT2D eigenvalue weighted by atomic mass is 32.2. The number of hydrogen-bond acceptors (Lipinski definition) is 5. The number of rotatable bonds is 7. The number of carbonyl (C=O) groups excluding carboxylic acids is 1. The molecule has 2 aromatic rings. The van der Waals surface area contributed by atoms with Crippen molar-refractivity contribution >= 4 is 27.3 Å². The SMILES string of the molecule is CCN(C)S(=O)(=O)c1c(C)nn(CC(=O)Nc2ccc(N3CCCC3)cc2C)c1C. The second-order valence-corrected chi connectivity index (χ2v) is 9.80. The number of anilines is 2. The molecule has 0 saturated carbocycles. The number of hydrogen-bond donors (Lipinski definition) is 1. The zero-order valence-electron chi connectivity index (χ0n) is 18.4. The van der Waals surface area contributed by atoms with Gasteiger partial charge in [-0.2, -0.15) is 5.10 Å². The first-order valence-electron chi connectivity index (χ1n) is 10.3. The first kappa shape index (κ1) is 22.3. The van der Waals surface area contributed by atoms with Crippen LogP contribution in [0.4, 0.5) is 11.4 Å². The molecule has 1 saturated heterocycles. The van der Waals surface area contributed by atoms with Crippen molar-refractivity contribution in [2.24, 2.45) is 0 Å². The van der Waals surface area contributed by atoms with Crippen LogP contribution >= 0.6 is 0 Å².